The lowest BCUT2D eigenvalue weighted by atomic mass is 9.79. The summed E-state index contributed by atoms with van der Waals surface area (Å²) in [7, 11) is 0. The monoisotopic (exact) mass is 585 g/mol. The highest BCUT2D eigenvalue weighted by molar-refractivity contribution is 8.00. The summed E-state index contributed by atoms with van der Waals surface area (Å²) < 4.78 is 3.59. The molecule has 4 aromatic carbocycles. The van der Waals surface area contributed by atoms with Crippen LogP contribution in [0.5, 0.6) is 0 Å². The summed E-state index contributed by atoms with van der Waals surface area (Å²) in [5.41, 5.74) is 7.92. The molecule has 0 fully saturated rings. The molecule has 0 saturated heterocycles. The van der Waals surface area contributed by atoms with Gasteiger partial charge in [-0.05, 0) is 59.2 Å². The second-order valence-corrected chi connectivity index (χ2v) is 13.7. The molecule has 0 N–H and O–H groups in total. The van der Waals surface area contributed by atoms with Gasteiger partial charge in [-0.3, -0.25) is 0 Å². The number of fused-ring (bicyclic) bond motifs is 10. The van der Waals surface area contributed by atoms with Crippen LogP contribution >= 0.6 is 23.1 Å². The summed E-state index contributed by atoms with van der Waals surface area (Å²) >= 11 is 3.79. The molecule has 0 saturated carbocycles. The highest BCUT2D eigenvalue weighted by Gasteiger charge is 2.39. The van der Waals surface area contributed by atoms with Crippen molar-refractivity contribution in [2.45, 2.75) is 22.0 Å². The van der Waals surface area contributed by atoms with E-state index in [-0.39, 0.29) is 17.8 Å². The molecular weight excluding hydrogens is 563 g/mol. The molecular formula is C38H23N3S2. The molecule has 43 heavy (non-hydrogen) atoms. The number of thioether (sulfide) groups is 1. The Kier molecular flexibility index (Phi) is 5.38. The minimum absolute atomic E-state index is 0.109. The van der Waals surface area contributed by atoms with E-state index < -0.39 is 0 Å². The van der Waals surface area contributed by atoms with Gasteiger partial charge in [0.2, 0.25) is 0 Å². The van der Waals surface area contributed by atoms with Crippen LogP contribution in [0.4, 0.5) is 0 Å². The maximum absolute atomic E-state index is 10.4. The number of nitriles is 2. The number of hydrogen-bond acceptors (Lipinski definition) is 4. The smallest absolute Gasteiger partial charge is 0.0991 e. The topological polar surface area (TPSA) is 52.5 Å². The normalized spacial score (nSPS) is 21.8. The van der Waals surface area contributed by atoms with E-state index in [0.717, 1.165) is 16.7 Å². The molecule has 3 nitrogen and oxygen atoms in total. The Hall–Kier alpha value is -4.81. The van der Waals surface area contributed by atoms with Crippen molar-refractivity contribution >= 4 is 66.8 Å². The molecule has 1 aliphatic heterocycles. The van der Waals surface area contributed by atoms with E-state index in [1.807, 2.05) is 47.4 Å². The van der Waals surface area contributed by atoms with Gasteiger partial charge >= 0.3 is 0 Å². The number of para-hydroxylation sites is 2. The van der Waals surface area contributed by atoms with Crippen molar-refractivity contribution in [3.8, 4) is 12.1 Å². The van der Waals surface area contributed by atoms with Crippen LogP contribution in [0.3, 0.4) is 0 Å². The first-order valence-electron chi connectivity index (χ1n) is 14.5. The zero-order valence-electron chi connectivity index (χ0n) is 22.9. The molecule has 9 rings (SSSR count). The molecule has 6 aromatic rings. The van der Waals surface area contributed by atoms with Gasteiger partial charge < -0.3 is 4.57 Å². The van der Waals surface area contributed by atoms with Gasteiger partial charge in [0, 0.05) is 53.4 Å². The maximum atomic E-state index is 10.4. The van der Waals surface area contributed by atoms with Crippen molar-refractivity contribution in [3.63, 3.8) is 0 Å². The summed E-state index contributed by atoms with van der Waals surface area (Å²) in [5, 5.41) is 23.9. The van der Waals surface area contributed by atoms with Crippen LogP contribution in [0, 0.1) is 28.6 Å². The molecule has 3 heterocycles. The van der Waals surface area contributed by atoms with E-state index in [0.29, 0.717) is 10.8 Å². The van der Waals surface area contributed by atoms with E-state index in [1.54, 1.807) is 0 Å². The standard InChI is InChI=1S/C38H23N3S2/c39-20-22-12-15-33-28(18-22)27-14-17-35-37(38(27)43-33)29-19-23(13-16-34(29)42-35)36-24(21-40)6-5-11-32(36)41-30-9-3-1-7-25(30)26-8-2-4-10-31(26)41/h1-19,24,35-37H. The molecule has 0 radical (unpaired) electrons. The average Bonchev–Trinajstić information content (AvgIpc) is 3.73. The van der Waals surface area contributed by atoms with Crippen molar-refractivity contribution in [2.24, 2.45) is 5.92 Å². The molecule has 0 bridgehead atoms. The second kappa shape index (κ2) is 9.35. The fourth-order valence-corrected chi connectivity index (χ4v) is 10.1. The van der Waals surface area contributed by atoms with E-state index in [9.17, 15) is 10.5 Å². The van der Waals surface area contributed by atoms with Crippen LogP contribution in [0.15, 0.2) is 114 Å². The number of nitrogens with zero attached hydrogens (tertiary/aromatic N) is 3. The van der Waals surface area contributed by atoms with Crippen molar-refractivity contribution < 1.29 is 0 Å². The number of rotatable bonds is 2. The SMILES string of the molecule is N#Cc1ccc2sc3c(c2c1)C=CC1Sc2ccc(C4C(n5c6ccccc6c6ccccc65)=CC=CC4C#N)cc2C31. The third-order valence-electron chi connectivity index (χ3n) is 9.19. The lowest BCUT2D eigenvalue weighted by Gasteiger charge is -2.29. The fourth-order valence-electron chi connectivity index (χ4n) is 7.32. The molecule has 5 heteroatoms. The molecule has 202 valence electrons. The third kappa shape index (κ3) is 3.53. The zero-order chi connectivity index (χ0) is 28.7. The number of thiophene rings is 1. The Bertz CT molecular complexity index is 2280. The minimum atomic E-state index is -0.279. The molecule has 4 unspecified atom stereocenters. The van der Waals surface area contributed by atoms with Crippen LogP contribution in [-0.2, 0) is 0 Å². The summed E-state index contributed by atoms with van der Waals surface area (Å²) in [6.45, 7) is 0. The van der Waals surface area contributed by atoms with Gasteiger partial charge in [-0.25, -0.2) is 0 Å². The van der Waals surface area contributed by atoms with Crippen LogP contribution < -0.4 is 0 Å². The first kappa shape index (κ1) is 24.8. The predicted octanol–water partition coefficient (Wildman–Crippen LogP) is 9.85. The lowest BCUT2D eigenvalue weighted by molar-refractivity contribution is 0.701. The molecule has 3 aliphatic rings. The quantitative estimate of drug-likeness (QED) is 0.203. The van der Waals surface area contributed by atoms with Gasteiger partial charge in [0.25, 0.3) is 0 Å². The predicted molar refractivity (Wildman–Crippen MR) is 178 cm³/mol. The molecule has 2 aliphatic carbocycles. The minimum Gasteiger partial charge on any atom is -0.312 e. The number of allylic oxidation sites excluding steroid dienone is 4. The van der Waals surface area contributed by atoms with E-state index >= 15 is 0 Å². The Morgan fingerprint density at radius 2 is 1.56 bits per heavy atom. The summed E-state index contributed by atoms with van der Waals surface area (Å²) in [6.07, 6.45) is 10.9. The second-order valence-electron chi connectivity index (χ2n) is 11.4. The highest BCUT2D eigenvalue weighted by atomic mass is 32.2. The van der Waals surface area contributed by atoms with Crippen molar-refractivity contribution in [1.29, 1.82) is 10.5 Å². The van der Waals surface area contributed by atoms with Crippen molar-refractivity contribution in [1.82, 2.24) is 4.57 Å². The largest absolute Gasteiger partial charge is 0.312 e. The van der Waals surface area contributed by atoms with Crippen LogP contribution in [0.2, 0.25) is 0 Å². The Morgan fingerprint density at radius 1 is 0.767 bits per heavy atom. The lowest BCUT2D eigenvalue weighted by Crippen LogP contribution is -2.18. The van der Waals surface area contributed by atoms with Gasteiger partial charge in [0.1, 0.15) is 0 Å². The van der Waals surface area contributed by atoms with Crippen LogP contribution in [0.1, 0.15) is 39.0 Å². The Labute approximate surface area is 257 Å². The number of benzene rings is 4. The highest BCUT2D eigenvalue weighted by Crippen LogP contribution is 2.56. The number of aromatic nitrogens is 1. The van der Waals surface area contributed by atoms with Crippen LogP contribution in [-0.4, -0.2) is 9.82 Å². The fraction of sp³-hybridized carbons (Fsp3) is 0.105. The molecule has 0 amide bonds. The van der Waals surface area contributed by atoms with E-state index in [4.69, 9.17) is 0 Å². The van der Waals surface area contributed by atoms with E-state index in [2.05, 4.69) is 108 Å². The zero-order valence-corrected chi connectivity index (χ0v) is 24.6. The molecule has 0 spiro atoms. The summed E-state index contributed by atoms with van der Waals surface area (Å²) in [6, 6.07) is 35.0. The molecule has 2 aromatic heterocycles. The van der Waals surface area contributed by atoms with Gasteiger partial charge in [-0.2, -0.15) is 10.5 Å². The van der Waals surface area contributed by atoms with Gasteiger partial charge in [-0.15, -0.1) is 23.1 Å². The van der Waals surface area contributed by atoms with Crippen molar-refractivity contribution in [3.05, 3.63) is 136 Å². The van der Waals surface area contributed by atoms with Gasteiger partial charge in [-0.1, -0.05) is 72.8 Å². The maximum Gasteiger partial charge on any atom is 0.0991 e. The van der Waals surface area contributed by atoms with Crippen molar-refractivity contribution in [2.75, 3.05) is 0 Å². The third-order valence-corrected chi connectivity index (χ3v) is 11.8. The average molecular weight is 586 g/mol. The van der Waals surface area contributed by atoms with Crippen LogP contribution in [0.25, 0.3) is 43.7 Å². The first-order chi connectivity index (χ1) is 21.2. The van der Waals surface area contributed by atoms with Gasteiger partial charge in [0.05, 0.1) is 34.7 Å². The first-order valence-corrected chi connectivity index (χ1v) is 16.1. The summed E-state index contributed by atoms with van der Waals surface area (Å²) in [5.74, 6) is -0.135. The Balaban J connectivity index is 1.22. The Morgan fingerprint density at radius 3 is 2.33 bits per heavy atom. The number of hydrogen-bond donors (Lipinski definition) is 0. The summed E-state index contributed by atoms with van der Waals surface area (Å²) in [4.78, 5) is 2.69. The van der Waals surface area contributed by atoms with Gasteiger partial charge in [0.15, 0.2) is 0 Å². The van der Waals surface area contributed by atoms with E-state index in [1.165, 1.54) is 47.3 Å². The molecule has 4 atom stereocenters.